The molecule has 1 N–H and O–H groups in total. The van der Waals surface area contributed by atoms with Crippen molar-refractivity contribution in [3.63, 3.8) is 0 Å². The summed E-state index contributed by atoms with van der Waals surface area (Å²) in [4.78, 5) is 75.0. The SMILES string of the molecule is CCS[C@H]1OC(COC(=O)c2ccccc2)[C@@H](O[C@@H]2OC(COC(C)=O)[C@H](OC(C)=O)C(OC(C)=O)C2OC(C)=O)C(O)C1OC(=O)c1ccccc1. The zero-order valence-corrected chi connectivity index (χ0v) is 30.5. The lowest BCUT2D eigenvalue weighted by Gasteiger charge is -2.48. The molecule has 2 aliphatic rings. The summed E-state index contributed by atoms with van der Waals surface area (Å²) in [5.41, 5.74) is -0.565. The number of carbonyl (C=O) groups excluding carboxylic acids is 6. The van der Waals surface area contributed by atoms with Gasteiger partial charge in [0.1, 0.15) is 43.1 Å². The summed E-state index contributed by atoms with van der Waals surface area (Å²) >= 11 is 1.21. The Bertz CT molecular complexity index is 1570. The van der Waals surface area contributed by atoms with E-state index in [0.717, 1.165) is 27.7 Å². The Morgan fingerprint density at radius 3 is 1.66 bits per heavy atom. The molecule has 2 heterocycles. The third-order valence-corrected chi connectivity index (χ3v) is 8.87. The average Bonchev–Trinajstić information content (AvgIpc) is 3.11. The van der Waals surface area contributed by atoms with Crippen molar-refractivity contribution < 1.29 is 76.5 Å². The van der Waals surface area contributed by atoms with Gasteiger partial charge in [-0.25, -0.2) is 9.59 Å². The van der Waals surface area contributed by atoms with E-state index < -0.39 is 110 Å². The fourth-order valence-electron chi connectivity index (χ4n) is 5.66. The van der Waals surface area contributed by atoms with Crippen LogP contribution in [0.1, 0.15) is 55.3 Å². The van der Waals surface area contributed by atoms with Gasteiger partial charge in [0, 0.05) is 27.7 Å². The monoisotopic (exact) mass is 762 g/mol. The van der Waals surface area contributed by atoms with E-state index in [1.54, 1.807) is 48.5 Å². The molecule has 2 fully saturated rings. The Labute approximate surface area is 309 Å². The maximum absolute atomic E-state index is 13.2. The second-order valence-electron chi connectivity index (χ2n) is 11.9. The molecule has 16 nitrogen and oxygen atoms in total. The van der Waals surface area contributed by atoms with E-state index in [1.807, 2.05) is 6.92 Å². The fourth-order valence-corrected chi connectivity index (χ4v) is 6.61. The van der Waals surface area contributed by atoms with Crippen molar-refractivity contribution in [2.24, 2.45) is 0 Å². The molecule has 0 spiro atoms. The molecule has 4 rings (SSSR count). The maximum Gasteiger partial charge on any atom is 0.338 e. The minimum atomic E-state index is -1.74. The third kappa shape index (κ3) is 11.5. The van der Waals surface area contributed by atoms with E-state index in [2.05, 4.69) is 0 Å². The molecule has 10 atom stereocenters. The van der Waals surface area contributed by atoms with Crippen molar-refractivity contribution >= 4 is 47.6 Å². The molecule has 0 saturated carbocycles. The molecular formula is C36H42O16S. The Morgan fingerprint density at radius 2 is 1.11 bits per heavy atom. The number of aliphatic hydroxyl groups excluding tert-OH is 1. The lowest BCUT2D eigenvalue weighted by Crippen LogP contribution is -2.66. The second kappa shape index (κ2) is 19.5. The van der Waals surface area contributed by atoms with Gasteiger partial charge in [-0.1, -0.05) is 43.3 Å². The molecule has 2 aromatic carbocycles. The molecule has 0 aliphatic carbocycles. The van der Waals surface area contributed by atoms with E-state index in [1.165, 1.54) is 23.9 Å². The number of aliphatic hydroxyl groups is 1. The predicted octanol–water partition coefficient (Wildman–Crippen LogP) is 2.38. The Morgan fingerprint density at radius 1 is 0.604 bits per heavy atom. The predicted molar refractivity (Wildman–Crippen MR) is 182 cm³/mol. The minimum absolute atomic E-state index is 0.191. The van der Waals surface area contributed by atoms with Crippen LogP contribution >= 0.6 is 11.8 Å². The minimum Gasteiger partial charge on any atom is -0.463 e. The van der Waals surface area contributed by atoms with Gasteiger partial charge in [0.05, 0.1) is 11.1 Å². The van der Waals surface area contributed by atoms with Crippen LogP contribution in [0.5, 0.6) is 0 Å². The average molecular weight is 763 g/mol. The Balaban J connectivity index is 1.74. The highest BCUT2D eigenvalue weighted by Gasteiger charge is 2.56. The summed E-state index contributed by atoms with van der Waals surface area (Å²) in [5.74, 6) is -4.34. The van der Waals surface area contributed by atoms with Gasteiger partial charge in [-0.15, -0.1) is 11.8 Å². The van der Waals surface area contributed by atoms with Gasteiger partial charge in [0.2, 0.25) is 0 Å². The van der Waals surface area contributed by atoms with E-state index in [0.29, 0.717) is 5.75 Å². The second-order valence-corrected chi connectivity index (χ2v) is 13.2. The van der Waals surface area contributed by atoms with Gasteiger partial charge in [-0.2, -0.15) is 0 Å². The summed E-state index contributed by atoms with van der Waals surface area (Å²) in [5, 5.41) is 12.0. The molecule has 288 valence electrons. The van der Waals surface area contributed by atoms with Gasteiger partial charge in [-0.05, 0) is 30.0 Å². The van der Waals surface area contributed by atoms with Crippen LogP contribution in [0.25, 0.3) is 0 Å². The largest absolute Gasteiger partial charge is 0.463 e. The van der Waals surface area contributed by atoms with Crippen LogP contribution in [0.15, 0.2) is 60.7 Å². The zero-order valence-electron chi connectivity index (χ0n) is 29.6. The fraction of sp³-hybridized carbons (Fsp3) is 0.500. The summed E-state index contributed by atoms with van der Waals surface area (Å²) in [6.45, 7) is 5.13. The first-order valence-electron chi connectivity index (χ1n) is 16.7. The number of benzene rings is 2. The van der Waals surface area contributed by atoms with Crippen LogP contribution in [0.3, 0.4) is 0 Å². The van der Waals surface area contributed by atoms with Crippen LogP contribution in [0, 0.1) is 0 Å². The molecule has 2 aromatic rings. The van der Waals surface area contributed by atoms with Crippen LogP contribution in [-0.2, 0) is 61.8 Å². The topological polar surface area (TPSA) is 206 Å². The van der Waals surface area contributed by atoms with Gasteiger partial charge >= 0.3 is 35.8 Å². The van der Waals surface area contributed by atoms with Gasteiger partial charge < -0.3 is 47.7 Å². The van der Waals surface area contributed by atoms with Crippen molar-refractivity contribution in [1.29, 1.82) is 0 Å². The van der Waals surface area contributed by atoms with Gasteiger partial charge in [0.25, 0.3) is 0 Å². The number of ether oxygens (including phenoxy) is 9. The summed E-state index contributed by atoms with van der Waals surface area (Å²) < 4.78 is 51.7. The van der Waals surface area contributed by atoms with Crippen molar-refractivity contribution in [2.75, 3.05) is 19.0 Å². The molecule has 53 heavy (non-hydrogen) atoms. The Hall–Kier alpha value is -4.55. The zero-order chi connectivity index (χ0) is 38.7. The maximum atomic E-state index is 13.2. The normalized spacial score (nSPS) is 28.1. The molecule has 17 heteroatoms. The van der Waals surface area contributed by atoms with Crippen LogP contribution in [-0.4, -0.2) is 120 Å². The molecule has 2 aliphatic heterocycles. The van der Waals surface area contributed by atoms with Crippen molar-refractivity contribution in [3.05, 3.63) is 71.8 Å². The summed E-state index contributed by atoms with van der Waals surface area (Å²) in [6.07, 6.45) is -13.7. The molecule has 0 radical (unpaired) electrons. The number of rotatable bonds is 14. The molecule has 6 unspecified atom stereocenters. The van der Waals surface area contributed by atoms with Crippen LogP contribution < -0.4 is 0 Å². The molecular weight excluding hydrogens is 720 g/mol. The van der Waals surface area contributed by atoms with E-state index >= 15 is 0 Å². The van der Waals surface area contributed by atoms with E-state index in [9.17, 15) is 33.9 Å². The van der Waals surface area contributed by atoms with Gasteiger partial charge in [-0.3, -0.25) is 19.2 Å². The quantitative estimate of drug-likeness (QED) is 0.217. The molecule has 2 saturated heterocycles. The number of hydrogen-bond acceptors (Lipinski definition) is 17. The van der Waals surface area contributed by atoms with E-state index in [-0.39, 0.29) is 11.1 Å². The molecule has 0 aromatic heterocycles. The first kappa shape index (κ1) is 41.2. The number of esters is 6. The molecule has 0 amide bonds. The Kier molecular flexibility index (Phi) is 15.2. The lowest BCUT2D eigenvalue weighted by molar-refractivity contribution is -0.340. The smallest absolute Gasteiger partial charge is 0.338 e. The number of hydrogen-bond donors (Lipinski definition) is 1. The highest BCUT2D eigenvalue weighted by Crippen LogP contribution is 2.36. The first-order valence-corrected chi connectivity index (χ1v) is 17.7. The van der Waals surface area contributed by atoms with Gasteiger partial charge in [0.15, 0.2) is 30.7 Å². The van der Waals surface area contributed by atoms with Crippen LogP contribution in [0.4, 0.5) is 0 Å². The number of carbonyl (C=O) groups is 6. The van der Waals surface area contributed by atoms with E-state index in [4.69, 9.17) is 42.6 Å². The highest BCUT2D eigenvalue weighted by molar-refractivity contribution is 7.99. The summed E-state index contributed by atoms with van der Waals surface area (Å²) in [6, 6.07) is 16.1. The standard InChI is InChI=1S/C36H42O16S/c1-6-53-36-30(51-34(43)24-15-11-8-12-16-24)27(41)28(25(50-36)18-45-33(42)23-13-9-7-10-14-23)52-35-32(48-22(5)40)31(47-21(4)39)29(46-20(3)38)26(49-35)17-44-19(2)37/h7-16,25-32,35-36,41H,6,17-18H2,1-5H3/t25?,26?,27?,28-,29+,30?,31?,32?,35+,36-/m1/s1. The highest BCUT2D eigenvalue weighted by atomic mass is 32.2. The summed E-state index contributed by atoms with van der Waals surface area (Å²) in [7, 11) is 0. The molecule has 0 bridgehead atoms. The van der Waals surface area contributed by atoms with Crippen molar-refractivity contribution in [1.82, 2.24) is 0 Å². The van der Waals surface area contributed by atoms with Crippen LogP contribution in [0.2, 0.25) is 0 Å². The van der Waals surface area contributed by atoms with Crippen molar-refractivity contribution in [3.8, 4) is 0 Å². The number of thioether (sulfide) groups is 1. The lowest BCUT2D eigenvalue weighted by atomic mass is 9.96. The third-order valence-electron chi connectivity index (χ3n) is 7.83. The first-order chi connectivity index (χ1) is 25.3. The van der Waals surface area contributed by atoms with Crippen molar-refractivity contribution in [2.45, 2.75) is 95.2 Å².